The molecular formula is C10H21NO3. The number of nitrogens with two attached hydrogens (primary N) is 1. The van der Waals surface area contributed by atoms with E-state index in [1.54, 1.807) is 0 Å². The Labute approximate surface area is 85.4 Å². The summed E-state index contributed by atoms with van der Waals surface area (Å²) in [6.07, 6.45) is 1.46. The average molecular weight is 203 g/mol. The van der Waals surface area contributed by atoms with Crippen LogP contribution >= 0.6 is 0 Å². The van der Waals surface area contributed by atoms with Crippen LogP contribution in [0.1, 0.15) is 40.0 Å². The molecule has 1 aliphatic heterocycles. The maximum absolute atomic E-state index is 10.4. The molecular weight excluding hydrogens is 182 g/mol. The molecule has 4 heteroatoms. The van der Waals surface area contributed by atoms with E-state index in [-0.39, 0.29) is 24.7 Å². The first kappa shape index (κ1) is 13.4. The van der Waals surface area contributed by atoms with Gasteiger partial charge in [-0.15, -0.1) is 0 Å². The van der Waals surface area contributed by atoms with E-state index in [1.165, 1.54) is 0 Å². The lowest BCUT2D eigenvalue weighted by atomic mass is 9.98. The van der Waals surface area contributed by atoms with E-state index in [1.807, 2.05) is 20.8 Å². The molecule has 0 amide bonds. The smallest absolute Gasteiger partial charge is 0.305 e. The van der Waals surface area contributed by atoms with Gasteiger partial charge in [-0.2, -0.15) is 0 Å². The van der Waals surface area contributed by atoms with Gasteiger partial charge in [0, 0.05) is 6.04 Å². The molecule has 3 atom stereocenters. The number of hydrogen-bond donors (Lipinski definition) is 2. The van der Waals surface area contributed by atoms with Crippen LogP contribution in [-0.4, -0.2) is 29.3 Å². The van der Waals surface area contributed by atoms with Gasteiger partial charge in [0.1, 0.15) is 0 Å². The lowest BCUT2D eigenvalue weighted by Gasteiger charge is -2.31. The SMILES string of the molecule is CC.CC1CC(N)CC(CC(=O)O)O1. The fourth-order valence-corrected chi connectivity index (χ4v) is 1.63. The summed E-state index contributed by atoms with van der Waals surface area (Å²) in [4.78, 5) is 10.4. The largest absolute Gasteiger partial charge is 0.481 e. The molecule has 0 bridgehead atoms. The average Bonchev–Trinajstić information content (AvgIpc) is 2.04. The number of ether oxygens (including phenoxy) is 1. The highest BCUT2D eigenvalue weighted by molar-refractivity contribution is 5.67. The fraction of sp³-hybridized carbons (Fsp3) is 0.900. The Bertz CT molecular complexity index is 163. The lowest BCUT2D eigenvalue weighted by Crippen LogP contribution is -2.39. The van der Waals surface area contributed by atoms with Gasteiger partial charge in [-0.3, -0.25) is 4.79 Å². The van der Waals surface area contributed by atoms with Crippen molar-refractivity contribution < 1.29 is 14.6 Å². The first-order chi connectivity index (χ1) is 6.58. The molecule has 4 nitrogen and oxygen atoms in total. The minimum atomic E-state index is -0.818. The zero-order valence-corrected chi connectivity index (χ0v) is 9.19. The summed E-state index contributed by atoms with van der Waals surface area (Å²) in [5, 5.41) is 8.52. The van der Waals surface area contributed by atoms with Gasteiger partial charge in [0.15, 0.2) is 0 Å². The monoisotopic (exact) mass is 203 g/mol. The topological polar surface area (TPSA) is 72.6 Å². The number of carboxylic acid groups (broad SMARTS) is 1. The molecule has 14 heavy (non-hydrogen) atoms. The van der Waals surface area contributed by atoms with Gasteiger partial charge < -0.3 is 15.6 Å². The zero-order chi connectivity index (χ0) is 11.1. The Hall–Kier alpha value is -0.610. The number of carboxylic acids is 1. The highest BCUT2D eigenvalue weighted by Gasteiger charge is 2.26. The van der Waals surface area contributed by atoms with Crippen molar-refractivity contribution in [3.8, 4) is 0 Å². The molecule has 0 saturated carbocycles. The number of carbonyl (C=O) groups is 1. The molecule has 0 spiro atoms. The second-order valence-corrected chi connectivity index (χ2v) is 3.40. The van der Waals surface area contributed by atoms with Crippen LogP contribution < -0.4 is 5.73 Å². The van der Waals surface area contributed by atoms with E-state index in [9.17, 15) is 4.79 Å². The first-order valence-electron chi connectivity index (χ1n) is 5.20. The summed E-state index contributed by atoms with van der Waals surface area (Å²) in [5.74, 6) is -0.818. The molecule has 0 aromatic rings. The van der Waals surface area contributed by atoms with Crippen LogP contribution in [0.25, 0.3) is 0 Å². The standard InChI is InChI=1S/C8H15NO3.C2H6/c1-5-2-6(9)3-7(12-5)4-8(10)11;1-2/h5-7H,2-4,9H2,1H3,(H,10,11);1-2H3. The van der Waals surface area contributed by atoms with Gasteiger partial charge in [0.25, 0.3) is 0 Å². The summed E-state index contributed by atoms with van der Waals surface area (Å²) < 4.78 is 5.41. The summed E-state index contributed by atoms with van der Waals surface area (Å²) in [6, 6.07) is 0.0955. The Kier molecular flexibility index (Phi) is 6.49. The van der Waals surface area contributed by atoms with Crippen LogP contribution in [0.5, 0.6) is 0 Å². The fourth-order valence-electron chi connectivity index (χ4n) is 1.63. The number of hydrogen-bond acceptors (Lipinski definition) is 3. The number of rotatable bonds is 2. The molecule has 1 rings (SSSR count). The van der Waals surface area contributed by atoms with Crippen molar-refractivity contribution in [2.45, 2.75) is 58.3 Å². The third-order valence-electron chi connectivity index (χ3n) is 2.03. The van der Waals surface area contributed by atoms with Crippen molar-refractivity contribution in [1.29, 1.82) is 0 Å². The van der Waals surface area contributed by atoms with E-state index in [0.29, 0.717) is 6.42 Å². The molecule has 1 aliphatic rings. The van der Waals surface area contributed by atoms with Crippen LogP contribution in [0.4, 0.5) is 0 Å². The molecule has 0 aromatic carbocycles. The third-order valence-corrected chi connectivity index (χ3v) is 2.03. The van der Waals surface area contributed by atoms with E-state index in [4.69, 9.17) is 15.6 Å². The van der Waals surface area contributed by atoms with E-state index < -0.39 is 5.97 Å². The Morgan fingerprint density at radius 2 is 2.07 bits per heavy atom. The van der Waals surface area contributed by atoms with Gasteiger partial charge in [0.05, 0.1) is 18.6 Å². The first-order valence-corrected chi connectivity index (χ1v) is 5.20. The highest BCUT2D eigenvalue weighted by atomic mass is 16.5. The lowest BCUT2D eigenvalue weighted by molar-refractivity contribution is -0.143. The molecule has 1 fully saturated rings. The van der Waals surface area contributed by atoms with Gasteiger partial charge >= 0.3 is 5.97 Å². The second-order valence-electron chi connectivity index (χ2n) is 3.40. The van der Waals surface area contributed by atoms with Crippen molar-refractivity contribution in [2.24, 2.45) is 5.73 Å². The van der Waals surface area contributed by atoms with Gasteiger partial charge in [-0.05, 0) is 19.8 Å². The van der Waals surface area contributed by atoms with E-state index in [2.05, 4.69) is 0 Å². The highest BCUT2D eigenvalue weighted by Crippen LogP contribution is 2.19. The summed E-state index contributed by atoms with van der Waals surface area (Å²) in [5.41, 5.74) is 5.72. The predicted octanol–water partition coefficient (Wildman–Crippen LogP) is 1.38. The van der Waals surface area contributed by atoms with Gasteiger partial charge in [0.2, 0.25) is 0 Å². The van der Waals surface area contributed by atoms with Crippen LogP contribution in [-0.2, 0) is 9.53 Å². The van der Waals surface area contributed by atoms with Crippen molar-refractivity contribution in [2.75, 3.05) is 0 Å². The Morgan fingerprint density at radius 1 is 1.50 bits per heavy atom. The number of aliphatic carboxylic acids is 1. The predicted molar refractivity (Wildman–Crippen MR) is 55.1 cm³/mol. The maximum Gasteiger partial charge on any atom is 0.305 e. The van der Waals surface area contributed by atoms with Crippen molar-refractivity contribution in [1.82, 2.24) is 0 Å². The van der Waals surface area contributed by atoms with E-state index >= 15 is 0 Å². The van der Waals surface area contributed by atoms with Crippen molar-refractivity contribution in [3.63, 3.8) is 0 Å². The van der Waals surface area contributed by atoms with Crippen LogP contribution in [0.2, 0.25) is 0 Å². The summed E-state index contributed by atoms with van der Waals surface area (Å²) >= 11 is 0. The molecule has 3 N–H and O–H groups in total. The minimum absolute atomic E-state index is 0.0675. The van der Waals surface area contributed by atoms with Crippen LogP contribution in [0, 0.1) is 0 Å². The van der Waals surface area contributed by atoms with Crippen LogP contribution in [0.15, 0.2) is 0 Å². The molecule has 3 unspecified atom stereocenters. The quantitative estimate of drug-likeness (QED) is 0.711. The maximum atomic E-state index is 10.4. The summed E-state index contributed by atoms with van der Waals surface area (Å²) in [6.45, 7) is 5.92. The molecule has 1 saturated heterocycles. The van der Waals surface area contributed by atoms with Crippen molar-refractivity contribution in [3.05, 3.63) is 0 Å². The third kappa shape index (κ3) is 5.19. The van der Waals surface area contributed by atoms with Crippen LogP contribution in [0.3, 0.4) is 0 Å². The molecule has 0 radical (unpaired) electrons. The molecule has 0 aromatic heterocycles. The Morgan fingerprint density at radius 3 is 2.50 bits per heavy atom. The van der Waals surface area contributed by atoms with Gasteiger partial charge in [-0.1, -0.05) is 13.8 Å². The van der Waals surface area contributed by atoms with Crippen molar-refractivity contribution >= 4 is 5.97 Å². The normalized spacial score (nSPS) is 31.6. The minimum Gasteiger partial charge on any atom is -0.481 e. The molecule has 1 heterocycles. The van der Waals surface area contributed by atoms with Gasteiger partial charge in [-0.25, -0.2) is 0 Å². The second kappa shape index (κ2) is 6.79. The Balaban J connectivity index is 0.000000791. The summed E-state index contributed by atoms with van der Waals surface area (Å²) in [7, 11) is 0. The van der Waals surface area contributed by atoms with E-state index in [0.717, 1.165) is 6.42 Å². The zero-order valence-electron chi connectivity index (χ0n) is 9.19. The molecule has 84 valence electrons. The molecule has 0 aliphatic carbocycles.